The lowest BCUT2D eigenvalue weighted by Crippen LogP contribution is -2.50. The highest BCUT2D eigenvalue weighted by molar-refractivity contribution is 5.85. The maximum atomic E-state index is 11.9. The number of nitrogens with two attached hydrogens (primary N) is 1. The van der Waals surface area contributed by atoms with Crippen molar-refractivity contribution in [2.45, 2.75) is 31.8 Å². The van der Waals surface area contributed by atoms with Crippen molar-refractivity contribution in [1.82, 2.24) is 4.90 Å². The highest BCUT2D eigenvalue weighted by atomic mass is 35.5. The molecule has 1 aromatic carbocycles. The quantitative estimate of drug-likeness (QED) is 0.890. The number of hydrogen-bond acceptors (Lipinski definition) is 3. The van der Waals surface area contributed by atoms with Crippen LogP contribution in [0.15, 0.2) is 30.3 Å². The summed E-state index contributed by atoms with van der Waals surface area (Å²) in [5.41, 5.74) is 6.76. The Morgan fingerprint density at radius 1 is 1.42 bits per heavy atom. The van der Waals surface area contributed by atoms with Crippen LogP contribution in [0.2, 0.25) is 0 Å². The predicted octanol–water partition coefficient (Wildman–Crippen LogP) is 1.86. The van der Waals surface area contributed by atoms with E-state index >= 15 is 0 Å². The molecule has 2 rings (SSSR count). The number of carbonyl (C=O) groups is 1. The van der Waals surface area contributed by atoms with Crippen LogP contribution in [-0.4, -0.2) is 36.0 Å². The summed E-state index contributed by atoms with van der Waals surface area (Å²) in [5.74, 6) is 0.0505. The number of nitrogens with one attached hydrogen (secondary N) is 1. The normalized spacial score (nSPS) is 20.3. The Kier molecular flexibility index (Phi) is 6.12. The van der Waals surface area contributed by atoms with Crippen LogP contribution in [0.4, 0.5) is 5.69 Å². The molecule has 0 aromatic heterocycles. The number of piperidine rings is 1. The molecule has 0 spiro atoms. The van der Waals surface area contributed by atoms with Gasteiger partial charge in [0.25, 0.3) is 0 Å². The molecule has 1 amide bonds. The summed E-state index contributed by atoms with van der Waals surface area (Å²) >= 11 is 0. The second-order valence-corrected chi connectivity index (χ2v) is 4.92. The largest absolute Gasteiger partial charge is 0.381 e. The molecule has 1 aromatic rings. The van der Waals surface area contributed by atoms with Gasteiger partial charge in [0.15, 0.2) is 0 Å². The second kappa shape index (κ2) is 7.36. The zero-order valence-corrected chi connectivity index (χ0v) is 12.0. The van der Waals surface area contributed by atoms with Crippen molar-refractivity contribution in [3.8, 4) is 0 Å². The number of para-hydroxylation sites is 1. The molecule has 0 saturated carbocycles. The van der Waals surface area contributed by atoms with Crippen molar-refractivity contribution in [2.24, 2.45) is 5.73 Å². The fourth-order valence-corrected chi connectivity index (χ4v) is 2.35. The van der Waals surface area contributed by atoms with E-state index in [4.69, 9.17) is 5.73 Å². The van der Waals surface area contributed by atoms with E-state index in [9.17, 15) is 4.79 Å². The minimum Gasteiger partial charge on any atom is -0.381 e. The van der Waals surface area contributed by atoms with Gasteiger partial charge < -0.3 is 16.0 Å². The third-order valence-electron chi connectivity index (χ3n) is 3.27. The molecule has 1 aliphatic rings. The second-order valence-electron chi connectivity index (χ2n) is 4.92. The van der Waals surface area contributed by atoms with Crippen molar-refractivity contribution >= 4 is 24.0 Å². The minimum atomic E-state index is -0.402. The van der Waals surface area contributed by atoms with Crippen LogP contribution >= 0.6 is 12.4 Å². The molecular formula is C14H22ClN3O. The Morgan fingerprint density at radius 2 is 2.11 bits per heavy atom. The molecule has 1 heterocycles. The molecule has 19 heavy (non-hydrogen) atoms. The lowest BCUT2D eigenvalue weighted by atomic mass is 10.0. The molecule has 0 bridgehead atoms. The number of halogens is 1. The molecule has 4 nitrogen and oxygen atoms in total. The first-order valence-corrected chi connectivity index (χ1v) is 6.53. The first kappa shape index (κ1) is 15.8. The third-order valence-corrected chi connectivity index (χ3v) is 3.27. The molecular weight excluding hydrogens is 262 g/mol. The Labute approximate surface area is 120 Å². The van der Waals surface area contributed by atoms with Crippen molar-refractivity contribution in [1.29, 1.82) is 0 Å². The van der Waals surface area contributed by atoms with Crippen LogP contribution in [0.1, 0.15) is 19.8 Å². The van der Waals surface area contributed by atoms with E-state index < -0.39 is 6.04 Å². The molecule has 2 atom stereocenters. The molecule has 0 aliphatic carbocycles. The summed E-state index contributed by atoms with van der Waals surface area (Å²) in [6, 6.07) is 10.0. The number of amides is 1. The molecule has 0 radical (unpaired) electrons. The number of likely N-dealkylation sites (tertiary alicyclic amines) is 1. The van der Waals surface area contributed by atoms with Crippen molar-refractivity contribution < 1.29 is 4.79 Å². The minimum absolute atomic E-state index is 0. The highest BCUT2D eigenvalue weighted by Gasteiger charge is 2.25. The van der Waals surface area contributed by atoms with Crippen LogP contribution in [0.3, 0.4) is 0 Å². The van der Waals surface area contributed by atoms with Crippen molar-refractivity contribution in [3.05, 3.63) is 30.3 Å². The summed E-state index contributed by atoms with van der Waals surface area (Å²) in [4.78, 5) is 13.7. The van der Waals surface area contributed by atoms with E-state index in [1.807, 2.05) is 35.2 Å². The summed E-state index contributed by atoms with van der Waals surface area (Å²) < 4.78 is 0. The van der Waals surface area contributed by atoms with E-state index in [0.29, 0.717) is 6.04 Å². The molecule has 1 saturated heterocycles. The number of nitrogens with zero attached hydrogens (tertiary/aromatic N) is 1. The lowest BCUT2D eigenvalue weighted by molar-refractivity contribution is -0.133. The average Bonchev–Trinajstić information content (AvgIpc) is 2.39. The van der Waals surface area contributed by atoms with Crippen LogP contribution in [-0.2, 0) is 4.79 Å². The van der Waals surface area contributed by atoms with Gasteiger partial charge in [0.2, 0.25) is 5.91 Å². The number of hydrogen-bond donors (Lipinski definition) is 2. The predicted molar refractivity (Wildman–Crippen MR) is 80.6 cm³/mol. The van der Waals surface area contributed by atoms with Crippen molar-refractivity contribution in [3.63, 3.8) is 0 Å². The summed E-state index contributed by atoms with van der Waals surface area (Å²) in [7, 11) is 0. The first-order valence-electron chi connectivity index (χ1n) is 6.53. The van der Waals surface area contributed by atoms with Gasteiger partial charge in [-0.3, -0.25) is 4.79 Å². The summed E-state index contributed by atoms with van der Waals surface area (Å²) in [5, 5.41) is 3.47. The molecule has 1 fully saturated rings. The number of carbonyl (C=O) groups excluding carboxylic acids is 1. The maximum absolute atomic E-state index is 11.9. The Bertz CT molecular complexity index is 397. The van der Waals surface area contributed by atoms with Gasteiger partial charge in [-0.2, -0.15) is 0 Å². The zero-order chi connectivity index (χ0) is 13.0. The topological polar surface area (TPSA) is 58.4 Å². The van der Waals surface area contributed by atoms with Gasteiger partial charge in [0.1, 0.15) is 0 Å². The third kappa shape index (κ3) is 4.40. The van der Waals surface area contributed by atoms with Gasteiger partial charge in [-0.1, -0.05) is 18.2 Å². The van der Waals surface area contributed by atoms with Crippen LogP contribution in [0.25, 0.3) is 0 Å². The smallest absolute Gasteiger partial charge is 0.239 e. The first-order chi connectivity index (χ1) is 8.66. The van der Waals surface area contributed by atoms with Crippen LogP contribution in [0.5, 0.6) is 0 Å². The monoisotopic (exact) mass is 283 g/mol. The summed E-state index contributed by atoms with van der Waals surface area (Å²) in [6.45, 7) is 3.32. The number of anilines is 1. The van der Waals surface area contributed by atoms with E-state index in [1.54, 1.807) is 6.92 Å². The van der Waals surface area contributed by atoms with E-state index in [-0.39, 0.29) is 18.3 Å². The van der Waals surface area contributed by atoms with Gasteiger partial charge in [-0.05, 0) is 31.9 Å². The number of rotatable bonds is 3. The average molecular weight is 284 g/mol. The van der Waals surface area contributed by atoms with E-state index in [0.717, 1.165) is 31.6 Å². The molecule has 5 heteroatoms. The van der Waals surface area contributed by atoms with Crippen molar-refractivity contribution in [2.75, 3.05) is 18.4 Å². The summed E-state index contributed by atoms with van der Waals surface area (Å²) in [6.07, 6.45) is 2.13. The van der Waals surface area contributed by atoms with Gasteiger partial charge in [0.05, 0.1) is 6.04 Å². The molecule has 3 N–H and O–H groups in total. The fourth-order valence-electron chi connectivity index (χ4n) is 2.35. The molecule has 1 aliphatic heterocycles. The maximum Gasteiger partial charge on any atom is 0.239 e. The standard InChI is InChI=1S/C14H21N3O.ClH/c1-11(15)14(18)17-9-5-8-13(10-17)16-12-6-3-2-4-7-12;/h2-4,6-7,11,13,16H,5,8-10,15H2,1H3;1H/t11-,13?;/m1./s1. The van der Waals surface area contributed by atoms with Gasteiger partial charge in [-0.25, -0.2) is 0 Å². The lowest BCUT2D eigenvalue weighted by Gasteiger charge is -2.34. The van der Waals surface area contributed by atoms with Crippen LogP contribution < -0.4 is 11.1 Å². The number of benzene rings is 1. The van der Waals surface area contributed by atoms with Crippen LogP contribution in [0, 0.1) is 0 Å². The van der Waals surface area contributed by atoms with Gasteiger partial charge in [-0.15, -0.1) is 12.4 Å². The Balaban J connectivity index is 0.00000180. The Morgan fingerprint density at radius 3 is 2.74 bits per heavy atom. The van der Waals surface area contributed by atoms with Gasteiger partial charge in [0, 0.05) is 24.8 Å². The zero-order valence-electron chi connectivity index (χ0n) is 11.2. The Hall–Kier alpha value is -1.26. The molecule has 1 unspecified atom stereocenters. The SMILES string of the molecule is C[C@@H](N)C(=O)N1CCCC(Nc2ccccc2)C1.Cl. The molecule has 106 valence electrons. The highest BCUT2D eigenvalue weighted by Crippen LogP contribution is 2.16. The van der Waals surface area contributed by atoms with E-state index in [1.165, 1.54) is 0 Å². The van der Waals surface area contributed by atoms with Gasteiger partial charge >= 0.3 is 0 Å². The fraction of sp³-hybridized carbons (Fsp3) is 0.500. The van der Waals surface area contributed by atoms with E-state index in [2.05, 4.69) is 5.32 Å².